The van der Waals surface area contributed by atoms with Crippen LogP contribution >= 0.6 is 0 Å². The summed E-state index contributed by atoms with van der Waals surface area (Å²) < 4.78 is 6.16. The largest absolute Gasteiger partial charge is 0.378 e. The third-order valence-corrected chi connectivity index (χ3v) is 4.41. The molecule has 2 nitrogen and oxygen atoms in total. The molecule has 2 unspecified atom stereocenters. The van der Waals surface area contributed by atoms with E-state index in [-0.39, 0.29) is 0 Å². The first-order chi connectivity index (χ1) is 8.38. The molecular formula is C15H29NO. The summed E-state index contributed by atoms with van der Waals surface area (Å²) in [6, 6.07) is 0.713. The third kappa shape index (κ3) is 4.59. The summed E-state index contributed by atoms with van der Waals surface area (Å²) >= 11 is 0. The Hall–Kier alpha value is -0.0800. The maximum Gasteiger partial charge on any atom is 0.0590 e. The van der Waals surface area contributed by atoms with Crippen molar-refractivity contribution in [2.24, 2.45) is 5.92 Å². The summed E-state index contributed by atoms with van der Waals surface area (Å²) in [5, 5.41) is 3.57. The number of hydrogen-bond acceptors (Lipinski definition) is 2. The van der Waals surface area contributed by atoms with Gasteiger partial charge in [0, 0.05) is 12.6 Å². The molecule has 2 fully saturated rings. The van der Waals surface area contributed by atoms with Crippen LogP contribution in [-0.2, 0) is 4.74 Å². The smallest absolute Gasteiger partial charge is 0.0590 e. The van der Waals surface area contributed by atoms with Crippen molar-refractivity contribution in [3.8, 4) is 0 Å². The predicted octanol–water partition coefficient (Wildman–Crippen LogP) is 3.50. The van der Waals surface area contributed by atoms with Crippen molar-refractivity contribution in [3.63, 3.8) is 0 Å². The molecule has 2 saturated carbocycles. The van der Waals surface area contributed by atoms with Crippen molar-refractivity contribution < 1.29 is 4.74 Å². The Bertz CT molecular complexity index is 199. The van der Waals surface area contributed by atoms with Crippen LogP contribution in [0.15, 0.2) is 0 Å². The first-order valence-corrected chi connectivity index (χ1v) is 7.73. The van der Waals surface area contributed by atoms with Gasteiger partial charge in [-0.25, -0.2) is 0 Å². The Labute approximate surface area is 107 Å². The molecule has 2 aliphatic carbocycles. The molecule has 0 aromatic heterocycles. The monoisotopic (exact) mass is 239 g/mol. The minimum atomic E-state index is 0.537. The van der Waals surface area contributed by atoms with Crippen LogP contribution in [0.3, 0.4) is 0 Å². The van der Waals surface area contributed by atoms with Crippen LogP contribution < -0.4 is 5.32 Å². The fourth-order valence-electron chi connectivity index (χ4n) is 3.40. The van der Waals surface area contributed by atoms with E-state index in [1.54, 1.807) is 0 Å². The molecule has 0 bridgehead atoms. The molecule has 0 radical (unpaired) electrons. The quantitative estimate of drug-likeness (QED) is 0.793. The minimum Gasteiger partial charge on any atom is -0.378 e. The Kier molecular flexibility index (Phi) is 5.79. The van der Waals surface area contributed by atoms with E-state index >= 15 is 0 Å². The van der Waals surface area contributed by atoms with Crippen molar-refractivity contribution in [1.29, 1.82) is 0 Å². The standard InChI is InChI=1S/C15H29NO/c1-2-16-14-9-6-10-15(11-14)17-12-13-7-4-3-5-8-13/h13-16H,2-12H2,1H3. The highest BCUT2D eigenvalue weighted by molar-refractivity contribution is 4.78. The van der Waals surface area contributed by atoms with Crippen LogP contribution in [0.25, 0.3) is 0 Å². The zero-order valence-corrected chi connectivity index (χ0v) is 11.4. The van der Waals surface area contributed by atoms with Crippen molar-refractivity contribution in [2.75, 3.05) is 13.2 Å². The topological polar surface area (TPSA) is 21.3 Å². The lowest BCUT2D eigenvalue weighted by Gasteiger charge is -2.31. The van der Waals surface area contributed by atoms with Crippen molar-refractivity contribution in [3.05, 3.63) is 0 Å². The SMILES string of the molecule is CCNC1CCCC(OCC2CCCCC2)C1. The maximum atomic E-state index is 6.16. The Morgan fingerprint density at radius 3 is 2.59 bits per heavy atom. The second-order valence-corrected chi connectivity index (χ2v) is 5.88. The average Bonchev–Trinajstić information content (AvgIpc) is 2.39. The molecule has 1 N–H and O–H groups in total. The Morgan fingerprint density at radius 1 is 1.00 bits per heavy atom. The van der Waals surface area contributed by atoms with Gasteiger partial charge >= 0.3 is 0 Å². The van der Waals surface area contributed by atoms with Gasteiger partial charge in [-0.3, -0.25) is 0 Å². The van der Waals surface area contributed by atoms with Gasteiger partial charge in [-0.05, 0) is 51.0 Å². The van der Waals surface area contributed by atoms with E-state index in [2.05, 4.69) is 12.2 Å². The zero-order valence-electron chi connectivity index (χ0n) is 11.4. The van der Waals surface area contributed by atoms with Crippen LogP contribution in [0.1, 0.15) is 64.7 Å². The van der Waals surface area contributed by atoms with E-state index in [1.165, 1.54) is 57.8 Å². The van der Waals surface area contributed by atoms with E-state index in [0.29, 0.717) is 12.1 Å². The summed E-state index contributed by atoms with van der Waals surface area (Å²) in [5.74, 6) is 0.864. The number of hydrogen-bond donors (Lipinski definition) is 1. The summed E-state index contributed by atoms with van der Waals surface area (Å²) in [7, 11) is 0. The highest BCUT2D eigenvalue weighted by Gasteiger charge is 2.23. The molecule has 0 heterocycles. The molecule has 0 aromatic carbocycles. The van der Waals surface area contributed by atoms with Crippen LogP contribution in [0.2, 0.25) is 0 Å². The molecule has 0 aromatic rings. The van der Waals surface area contributed by atoms with E-state index in [4.69, 9.17) is 4.74 Å². The van der Waals surface area contributed by atoms with Gasteiger partial charge in [0.05, 0.1) is 6.10 Å². The van der Waals surface area contributed by atoms with Gasteiger partial charge in [0.25, 0.3) is 0 Å². The predicted molar refractivity (Wildman–Crippen MR) is 72.2 cm³/mol. The van der Waals surface area contributed by atoms with Gasteiger partial charge in [0.2, 0.25) is 0 Å². The second-order valence-electron chi connectivity index (χ2n) is 5.88. The molecule has 0 spiro atoms. The van der Waals surface area contributed by atoms with Crippen LogP contribution in [-0.4, -0.2) is 25.3 Å². The molecule has 0 saturated heterocycles. The van der Waals surface area contributed by atoms with Crippen molar-refractivity contribution in [1.82, 2.24) is 5.32 Å². The first kappa shape index (κ1) is 13.4. The first-order valence-electron chi connectivity index (χ1n) is 7.73. The lowest BCUT2D eigenvalue weighted by atomic mass is 9.89. The van der Waals surface area contributed by atoms with Gasteiger partial charge in [-0.15, -0.1) is 0 Å². The second kappa shape index (κ2) is 7.38. The maximum absolute atomic E-state index is 6.16. The Morgan fingerprint density at radius 2 is 1.82 bits per heavy atom. The van der Waals surface area contributed by atoms with E-state index in [1.807, 2.05) is 0 Å². The van der Waals surface area contributed by atoms with Crippen molar-refractivity contribution in [2.45, 2.75) is 76.9 Å². The summed E-state index contributed by atoms with van der Waals surface area (Å²) in [4.78, 5) is 0. The van der Waals surface area contributed by atoms with Gasteiger partial charge in [0.1, 0.15) is 0 Å². The molecule has 17 heavy (non-hydrogen) atoms. The van der Waals surface area contributed by atoms with Crippen LogP contribution in [0.5, 0.6) is 0 Å². The molecule has 2 aliphatic rings. The molecular weight excluding hydrogens is 210 g/mol. The summed E-state index contributed by atoms with van der Waals surface area (Å²) in [6.45, 7) is 4.33. The van der Waals surface area contributed by atoms with Crippen LogP contribution in [0.4, 0.5) is 0 Å². The average molecular weight is 239 g/mol. The number of nitrogens with one attached hydrogen (secondary N) is 1. The van der Waals surface area contributed by atoms with E-state index < -0.39 is 0 Å². The normalized spacial score (nSPS) is 31.6. The summed E-state index contributed by atoms with van der Waals surface area (Å²) in [5.41, 5.74) is 0. The minimum absolute atomic E-state index is 0.537. The van der Waals surface area contributed by atoms with Gasteiger partial charge < -0.3 is 10.1 Å². The van der Waals surface area contributed by atoms with Gasteiger partial charge in [0.15, 0.2) is 0 Å². The van der Waals surface area contributed by atoms with Crippen LogP contribution in [0, 0.1) is 5.92 Å². The van der Waals surface area contributed by atoms with Gasteiger partial charge in [-0.1, -0.05) is 26.2 Å². The zero-order chi connectivity index (χ0) is 11.9. The molecule has 100 valence electrons. The molecule has 2 atom stereocenters. The van der Waals surface area contributed by atoms with Gasteiger partial charge in [-0.2, -0.15) is 0 Å². The fraction of sp³-hybridized carbons (Fsp3) is 1.00. The fourth-order valence-corrected chi connectivity index (χ4v) is 3.40. The number of ether oxygens (including phenoxy) is 1. The molecule has 2 heteroatoms. The third-order valence-electron chi connectivity index (χ3n) is 4.41. The van der Waals surface area contributed by atoms with E-state index in [0.717, 1.165) is 19.1 Å². The van der Waals surface area contributed by atoms with Crippen molar-refractivity contribution >= 4 is 0 Å². The lowest BCUT2D eigenvalue weighted by Crippen LogP contribution is -2.37. The summed E-state index contributed by atoms with van der Waals surface area (Å²) in [6.07, 6.45) is 12.9. The Balaban J connectivity index is 1.64. The lowest BCUT2D eigenvalue weighted by molar-refractivity contribution is -0.00550. The van der Waals surface area contributed by atoms with E-state index in [9.17, 15) is 0 Å². The molecule has 0 amide bonds. The number of rotatable bonds is 5. The highest BCUT2D eigenvalue weighted by atomic mass is 16.5. The highest BCUT2D eigenvalue weighted by Crippen LogP contribution is 2.26. The molecule has 2 rings (SSSR count). The molecule has 0 aliphatic heterocycles.